The quantitative estimate of drug-likeness (QED) is 0.511. The zero-order chi connectivity index (χ0) is 21.8. The maximum Gasteiger partial charge on any atom is 0.251 e. The first-order chi connectivity index (χ1) is 15.0. The molecule has 31 heavy (non-hydrogen) atoms. The van der Waals surface area contributed by atoms with Gasteiger partial charge in [0.2, 0.25) is 0 Å². The van der Waals surface area contributed by atoms with Gasteiger partial charge in [-0.1, -0.05) is 83.9 Å². The van der Waals surface area contributed by atoms with Gasteiger partial charge >= 0.3 is 0 Å². The van der Waals surface area contributed by atoms with E-state index in [0.29, 0.717) is 23.1 Å². The molecule has 4 rings (SSSR count). The molecule has 0 atom stereocenters. The number of hydrogen-bond acceptors (Lipinski definition) is 2. The van der Waals surface area contributed by atoms with Crippen LogP contribution in [-0.2, 0) is 11.3 Å². The molecule has 0 saturated heterocycles. The average molecular weight is 451 g/mol. The number of likely N-dealkylation sites (N-methyl/N-ethyl adjacent to an activating group) is 1. The van der Waals surface area contributed by atoms with E-state index in [1.54, 1.807) is 18.0 Å². The molecule has 3 nitrogen and oxygen atoms in total. The highest BCUT2D eigenvalue weighted by molar-refractivity contribution is 6.42. The Hall–Kier alpha value is -2.59. The molecule has 0 unspecified atom stereocenters. The average Bonchev–Trinajstić information content (AvgIpc) is 2.82. The Bertz CT molecular complexity index is 1130. The second-order valence-corrected chi connectivity index (χ2v) is 8.49. The third-order valence-electron chi connectivity index (χ3n) is 5.58. The number of halogens is 2. The van der Waals surface area contributed by atoms with Gasteiger partial charge in [-0.25, -0.2) is 0 Å². The van der Waals surface area contributed by atoms with Crippen molar-refractivity contribution in [1.82, 2.24) is 10.2 Å². The fourth-order valence-electron chi connectivity index (χ4n) is 3.95. The molecule has 158 valence electrons. The largest absolute Gasteiger partial charge is 0.338 e. The number of carbonyl (C=O) groups excluding carboxylic acids is 1. The molecule has 3 aromatic carbocycles. The van der Waals surface area contributed by atoms with Crippen LogP contribution in [0.5, 0.6) is 0 Å². The zero-order valence-electron chi connectivity index (χ0n) is 17.4. The van der Waals surface area contributed by atoms with Gasteiger partial charge in [0.05, 0.1) is 10.0 Å². The lowest BCUT2D eigenvalue weighted by molar-refractivity contribution is -0.126. The number of nitrogens with one attached hydrogen (secondary N) is 1. The van der Waals surface area contributed by atoms with Crippen LogP contribution in [0.3, 0.4) is 0 Å². The van der Waals surface area contributed by atoms with Gasteiger partial charge in [-0.3, -0.25) is 4.79 Å². The van der Waals surface area contributed by atoms with Gasteiger partial charge in [0.15, 0.2) is 0 Å². The van der Waals surface area contributed by atoms with Gasteiger partial charge < -0.3 is 10.2 Å². The molecular formula is C26H24Cl2N2O. The normalized spacial score (nSPS) is 13.9. The first-order valence-electron chi connectivity index (χ1n) is 10.3. The summed E-state index contributed by atoms with van der Waals surface area (Å²) < 4.78 is 0. The summed E-state index contributed by atoms with van der Waals surface area (Å²) in [5.74, 6) is 0.00311. The Labute approximate surface area is 193 Å². The van der Waals surface area contributed by atoms with E-state index in [9.17, 15) is 4.79 Å². The summed E-state index contributed by atoms with van der Waals surface area (Å²) in [5, 5.41) is 4.34. The van der Waals surface area contributed by atoms with E-state index in [1.165, 1.54) is 5.56 Å². The number of amides is 1. The molecule has 0 bridgehead atoms. The first kappa shape index (κ1) is 21.6. The minimum Gasteiger partial charge on any atom is -0.338 e. The molecule has 1 amide bonds. The Kier molecular flexibility index (Phi) is 6.77. The molecule has 1 aliphatic rings. The number of nitrogens with zero attached hydrogens (tertiary/aromatic N) is 1. The molecule has 0 aromatic heterocycles. The molecule has 3 aromatic rings. The third-order valence-corrected chi connectivity index (χ3v) is 6.44. The van der Waals surface area contributed by atoms with E-state index in [0.717, 1.165) is 40.8 Å². The zero-order valence-corrected chi connectivity index (χ0v) is 18.9. The van der Waals surface area contributed by atoms with Gasteiger partial charge in [0.25, 0.3) is 5.91 Å². The summed E-state index contributed by atoms with van der Waals surface area (Å²) >= 11 is 12.5. The van der Waals surface area contributed by atoms with Crippen LogP contribution in [0.1, 0.15) is 17.5 Å². The second-order valence-electron chi connectivity index (χ2n) is 7.70. The predicted molar refractivity (Wildman–Crippen MR) is 129 cm³/mol. The molecule has 0 fully saturated rings. The van der Waals surface area contributed by atoms with Crippen molar-refractivity contribution in [2.24, 2.45) is 0 Å². The Balaban J connectivity index is 1.65. The van der Waals surface area contributed by atoms with Gasteiger partial charge in [0.1, 0.15) is 0 Å². The lowest BCUT2D eigenvalue weighted by Crippen LogP contribution is -2.35. The van der Waals surface area contributed by atoms with Gasteiger partial charge in [-0.15, -0.1) is 0 Å². The van der Waals surface area contributed by atoms with E-state index in [2.05, 4.69) is 41.7 Å². The SMILES string of the molecule is CN(Cc1cccc(Cl)c1Cl)C(=O)C1=C(c2cccc(-c3ccccc3)c2)CCNC1. The van der Waals surface area contributed by atoms with Crippen molar-refractivity contribution in [3.63, 3.8) is 0 Å². The lowest BCUT2D eigenvalue weighted by Gasteiger charge is -2.26. The van der Waals surface area contributed by atoms with E-state index < -0.39 is 0 Å². The number of hydrogen-bond donors (Lipinski definition) is 1. The van der Waals surface area contributed by atoms with Crippen LogP contribution in [0.25, 0.3) is 16.7 Å². The van der Waals surface area contributed by atoms with E-state index in [-0.39, 0.29) is 5.91 Å². The van der Waals surface area contributed by atoms with Crippen LogP contribution in [0, 0.1) is 0 Å². The molecular weight excluding hydrogens is 427 g/mol. The fourth-order valence-corrected chi connectivity index (χ4v) is 4.33. The summed E-state index contributed by atoms with van der Waals surface area (Å²) in [6.07, 6.45) is 0.811. The molecule has 1 heterocycles. The molecule has 0 saturated carbocycles. The highest BCUT2D eigenvalue weighted by Crippen LogP contribution is 2.30. The molecule has 1 N–H and O–H groups in total. The highest BCUT2D eigenvalue weighted by Gasteiger charge is 2.23. The smallest absolute Gasteiger partial charge is 0.251 e. The highest BCUT2D eigenvalue weighted by atomic mass is 35.5. The Morgan fingerprint density at radius 2 is 1.65 bits per heavy atom. The van der Waals surface area contributed by atoms with Crippen LogP contribution in [0.15, 0.2) is 78.4 Å². The number of carbonyl (C=O) groups is 1. The van der Waals surface area contributed by atoms with E-state index in [4.69, 9.17) is 23.2 Å². The predicted octanol–water partition coefficient (Wildman–Crippen LogP) is 6.07. The molecule has 0 spiro atoms. The number of benzene rings is 3. The maximum absolute atomic E-state index is 13.4. The standard InChI is InChI=1S/C26H24Cl2N2O/c1-30(17-21-11-6-12-24(27)25(21)28)26(31)23-16-29-14-13-22(23)20-10-5-9-19(15-20)18-7-3-2-4-8-18/h2-12,15,29H,13-14,16-17H2,1H3. The van der Waals surface area contributed by atoms with Crippen molar-refractivity contribution >= 4 is 34.7 Å². The van der Waals surface area contributed by atoms with Crippen LogP contribution >= 0.6 is 23.2 Å². The van der Waals surface area contributed by atoms with Crippen LogP contribution in [-0.4, -0.2) is 30.9 Å². The first-order valence-corrected chi connectivity index (χ1v) is 11.1. The van der Waals surface area contributed by atoms with Crippen molar-refractivity contribution in [2.45, 2.75) is 13.0 Å². The van der Waals surface area contributed by atoms with Gasteiger partial charge in [-0.2, -0.15) is 0 Å². The van der Waals surface area contributed by atoms with Crippen molar-refractivity contribution in [2.75, 3.05) is 20.1 Å². The Morgan fingerprint density at radius 3 is 2.45 bits per heavy atom. The van der Waals surface area contributed by atoms with E-state index in [1.807, 2.05) is 30.3 Å². The second kappa shape index (κ2) is 9.69. The minimum atomic E-state index is 0.00311. The van der Waals surface area contributed by atoms with Crippen molar-refractivity contribution < 1.29 is 4.79 Å². The summed E-state index contributed by atoms with van der Waals surface area (Å²) in [5.41, 5.74) is 6.15. The van der Waals surface area contributed by atoms with Crippen molar-refractivity contribution in [3.8, 4) is 11.1 Å². The van der Waals surface area contributed by atoms with Crippen LogP contribution in [0.2, 0.25) is 10.0 Å². The van der Waals surface area contributed by atoms with Crippen LogP contribution in [0.4, 0.5) is 0 Å². The molecule has 0 radical (unpaired) electrons. The maximum atomic E-state index is 13.4. The third kappa shape index (κ3) is 4.85. The molecule has 0 aliphatic carbocycles. The topological polar surface area (TPSA) is 32.3 Å². The van der Waals surface area contributed by atoms with Gasteiger partial charge in [-0.05, 0) is 52.9 Å². The summed E-state index contributed by atoms with van der Waals surface area (Å²) in [6.45, 7) is 1.81. The molecule has 1 aliphatic heterocycles. The number of rotatable bonds is 5. The molecule has 5 heteroatoms. The van der Waals surface area contributed by atoms with Crippen LogP contribution < -0.4 is 5.32 Å². The summed E-state index contributed by atoms with van der Waals surface area (Å²) in [7, 11) is 1.80. The minimum absolute atomic E-state index is 0.00311. The monoisotopic (exact) mass is 450 g/mol. The summed E-state index contributed by atoms with van der Waals surface area (Å²) in [6, 6.07) is 24.2. The Morgan fingerprint density at radius 1 is 0.935 bits per heavy atom. The van der Waals surface area contributed by atoms with Gasteiger partial charge in [0, 0.05) is 25.7 Å². The van der Waals surface area contributed by atoms with Crippen molar-refractivity contribution in [3.05, 3.63) is 99.5 Å². The van der Waals surface area contributed by atoms with E-state index >= 15 is 0 Å². The lowest BCUT2D eigenvalue weighted by atomic mass is 9.91. The van der Waals surface area contributed by atoms with Crippen molar-refractivity contribution in [1.29, 1.82) is 0 Å². The summed E-state index contributed by atoms with van der Waals surface area (Å²) in [4.78, 5) is 15.1. The fraction of sp³-hybridized carbons (Fsp3) is 0.192.